The minimum Gasteiger partial charge on any atom is -0.497 e. The summed E-state index contributed by atoms with van der Waals surface area (Å²) in [6, 6.07) is 13.5. The smallest absolute Gasteiger partial charge is 0.231 e. The third kappa shape index (κ3) is 2.88. The summed E-state index contributed by atoms with van der Waals surface area (Å²) in [4.78, 5) is 0. The molecule has 0 amide bonds. The van der Waals surface area contributed by atoms with E-state index >= 15 is 0 Å². The van der Waals surface area contributed by atoms with Crippen LogP contribution in [-0.2, 0) is 5.75 Å². The van der Waals surface area contributed by atoms with Crippen LogP contribution in [0, 0.1) is 0 Å². The first-order valence-corrected chi connectivity index (χ1v) is 8.26. The first kappa shape index (κ1) is 14.8. The Bertz CT molecular complexity index is 851. The molecule has 0 saturated carbocycles. The molecule has 4 rings (SSSR count). The molecule has 0 spiro atoms. The maximum absolute atomic E-state index is 5.40. The van der Waals surface area contributed by atoms with Gasteiger partial charge in [-0.05, 0) is 52.4 Å². The molecule has 2 heterocycles. The van der Waals surface area contributed by atoms with Gasteiger partial charge >= 0.3 is 0 Å². The van der Waals surface area contributed by atoms with E-state index in [0.29, 0.717) is 0 Å². The summed E-state index contributed by atoms with van der Waals surface area (Å²) >= 11 is 1.56. The minimum atomic E-state index is 0.279. The van der Waals surface area contributed by atoms with Crippen molar-refractivity contribution in [2.45, 2.75) is 10.9 Å². The highest BCUT2D eigenvalue weighted by atomic mass is 32.2. The van der Waals surface area contributed by atoms with Gasteiger partial charge in [-0.25, -0.2) is 0 Å². The lowest BCUT2D eigenvalue weighted by Gasteiger charge is -2.06. The number of ether oxygens (including phenoxy) is 3. The fourth-order valence-electron chi connectivity index (χ4n) is 2.33. The molecule has 24 heavy (non-hydrogen) atoms. The zero-order chi connectivity index (χ0) is 16.4. The molecular weight excluding hydrogens is 328 g/mol. The molecule has 0 N–H and O–H groups in total. The van der Waals surface area contributed by atoms with Crippen LogP contribution >= 0.6 is 11.8 Å². The van der Waals surface area contributed by atoms with Crippen LogP contribution in [0.4, 0.5) is 0 Å². The van der Waals surface area contributed by atoms with Gasteiger partial charge in [-0.15, -0.1) is 5.10 Å². The quantitative estimate of drug-likeness (QED) is 0.660. The first-order chi connectivity index (χ1) is 11.8. The molecule has 3 aromatic rings. The van der Waals surface area contributed by atoms with Crippen molar-refractivity contribution < 1.29 is 14.2 Å². The number of tetrazole rings is 1. The highest BCUT2D eigenvalue weighted by Gasteiger charge is 2.14. The van der Waals surface area contributed by atoms with Gasteiger partial charge in [0.25, 0.3) is 0 Å². The Morgan fingerprint density at radius 2 is 1.96 bits per heavy atom. The lowest BCUT2D eigenvalue weighted by atomic mass is 10.2. The molecule has 2 aromatic carbocycles. The highest BCUT2D eigenvalue weighted by Crippen LogP contribution is 2.34. The van der Waals surface area contributed by atoms with E-state index in [1.54, 1.807) is 23.6 Å². The molecule has 0 atom stereocenters. The van der Waals surface area contributed by atoms with Crippen LogP contribution in [0.2, 0.25) is 0 Å². The Kier molecular flexibility index (Phi) is 3.96. The number of hydrogen-bond acceptors (Lipinski definition) is 7. The van der Waals surface area contributed by atoms with Crippen molar-refractivity contribution in [2.75, 3.05) is 13.9 Å². The van der Waals surface area contributed by atoms with Crippen LogP contribution in [0.5, 0.6) is 17.2 Å². The molecule has 1 aliphatic rings. The van der Waals surface area contributed by atoms with E-state index < -0.39 is 0 Å². The maximum atomic E-state index is 5.40. The van der Waals surface area contributed by atoms with Gasteiger partial charge < -0.3 is 14.2 Å². The summed E-state index contributed by atoms with van der Waals surface area (Å²) in [5.74, 6) is 3.09. The van der Waals surface area contributed by atoms with Crippen LogP contribution in [0.15, 0.2) is 47.6 Å². The molecule has 0 fully saturated rings. The van der Waals surface area contributed by atoms with Gasteiger partial charge in [0.2, 0.25) is 11.9 Å². The largest absolute Gasteiger partial charge is 0.497 e. The van der Waals surface area contributed by atoms with E-state index in [1.165, 1.54) is 0 Å². The summed E-state index contributed by atoms with van der Waals surface area (Å²) in [6.07, 6.45) is 0. The third-order valence-corrected chi connectivity index (χ3v) is 4.55. The van der Waals surface area contributed by atoms with Crippen molar-refractivity contribution >= 4 is 11.8 Å². The number of benzene rings is 2. The Morgan fingerprint density at radius 1 is 1.12 bits per heavy atom. The molecule has 0 saturated heterocycles. The number of rotatable bonds is 5. The molecule has 1 aliphatic heterocycles. The van der Waals surface area contributed by atoms with Gasteiger partial charge in [0, 0.05) is 5.75 Å². The summed E-state index contributed by atoms with van der Waals surface area (Å²) in [5.41, 5.74) is 2.00. The third-order valence-electron chi connectivity index (χ3n) is 3.56. The van der Waals surface area contributed by atoms with Crippen molar-refractivity contribution in [2.24, 2.45) is 0 Å². The summed E-state index contributed by atoms with van der Waals surface area (Å²) in [6.45, 7) is 0.279. The zero-order valence-corrected chi connectivity index (χ0v) is 13.7. The van der Waals surface area contributed by atoms with Gasteiger partial charge in [-0.2, -0.15) is 4.68 Å². The highest BCUT2D eigenvalue weighted by molar-refractivity contribution is 7.98. The van der Waals surface area contributed by atoms with Crippen LogP contribution < -0.4 is 14.2 Å². The van der Waals surface area contributed by atoms with E-state index in [4.69, 9.17) is 14.2 Å². The monoisotopic (exact) mass is 342 g/mol. The van der Waals surface area contributed by atoms with E-state index in [0.717, 1.165) is 39.4 Å². The molecule has 122 valence electrons. The fourth-order valence-corrected chi connectivity index (χ4v) is 3.17. The average molecular weight is 342 g/mol. The average Bonchev–Trinajstić information content (AvgIpc) is 3.28. The summed E-state index contributed by atoms with van der Waals surface area (Å²) < 4.78 is 17.6. The van der Waals surface area contributed by atoms with Crippen molar-refractivity contribution in [1.82, 2.24) is 20.2 Å². The molecule has 7 nitrogen and oxygen atoms in total. The molecule has 1 aromatic heterocycles. The molecule has 0 unspecified atom stereocenters. The van der Waals surface area contributed by atoms with Crippen LogP contribution in [0.1, 0.15) is 5.56 Å². The van der Waals surface area contributed by atoms with Crippen molar-refractivity contribution in [3.05, 3.63) is 48.0 Å². The zero-order valence-electron chi connectivity index (χ0n) is 12.9. The molecule has 0 radical (unpaired) electrons. The second-order valence-electron chi connectivity index (χ2n) is 5.05. The lowest BCUT2D eigenvalue weighted by molar-refractivity contribution is 0.174. The number of methoxy groups -OCH3 is 1. The van der Waals surface area contributed by atoms with Crippen molar-refractivity contribution in [1.29, 1.82) is 0 Å². The van der Waals surface area contributed by atoms with E-state index in [9.17, 15) is 0 Å². The van der Waals surface area contributed by atoms with Crippen LogP contribution in [0.25, 0.3) is 5.69 Å². The number of hydrogen-bond donors (Lipinski definition) is 0. The van der Waals surface area contributed by atoms with Crippen LogP contribution in [-0.4, -0.2) is 34.1 Å². The van der Waals surface area contributed by atoms with Gasteiger partial charge in [-0.1, -0.05) is 17.8 Å². The van der Waals surface area contributed by atoms with E-state index in [1.807, 2.05) is 42.5 Å². The number of nitrogens with zero attached hydrogens (tertiary/aromatic N) is 4. The van der Waals surface area contributed by atoms with Gasteiger partial charge in [0.05, 0.1) is 12.8 Å². The Labute approximate surface area is 142 Å². The maximum Gasteiger partial charge on any atom is 0.231 e. The van der Waals surface area contributed by atoms with E-state index in [2.05, 4.69) is 15.5 Å². The standard InChI is InChI=1S/C16H14N4O3S/c1-21-13-5-3-12(4-6-13)20-16(17-18-19-20)24-9-11-2-7-14-15(8-11)23-10-22-14/h2-8H,9-10H2,1H3. The first-order valence-electron chi connectivity index (χ1n) is 7.27. The SMILES string of the molecule is COc1ccc(-n2nnnc2SCc2ccc3c(c2)OCO3)cc1. The van der Waals surface area contributed by atoms with Crippen molar-refractivity contribution in [3.8, 4) is 22.9 Å². The summed E-state index contributed by atoms with van der Waals surface area (Å²) in [5, 5.41) is 12.7. The van der Waals surface area contributed by atoms with Crippen molar-refractivity contribution in [3.63, 3.8) is 0 Å². The number of fused-ring (bicyclic) bond motifs is 1. The van der Waals surface area contributed by atoms with Gasteiger partial charge in [-0.3, -0.25) is 0 Å². The molecule has 0 aliphatic carbocycles. The Hall–Kier alpha value is -2.74. The topological polar surface area (TPSA) is 71.3 Å². The summed E-state index contributed by atoms with van der Waals surface area (Å²) in [7, 11) is 1.64. The number of thioether (sulfide) groups is 1. The second-order valence-corrected chi connectivity index (χ2v) is 5.99. The Morgan fingerprint density at radius 3 is 2.79 bits per heavy atom. The Balaban J connectivity index is 1.50. The molecule has 0 bridgehead atoms. The molecular formula is C16H14N4O3S. The van der Waals surface area contributed by atoms with Gasteiger partial charge in [0.1, 0.15) is 5.75 Å². The molecule has 8 heteroatoms. The predicted octanol–water partition coefficient (Wildman–Crippen LogP) is 2.69. The predicted molar refractivity (Wildman–Crippen MR) is 87.8 cm³/mol. The normalized spacial score (nSPS) is 12.4. The second kappa shape index (κ2) is 6.40. The van der Waals surface area contributed by atoms with E-state index in [-0.39, 0.29) is 6.79 Å². The van der Waals surface area contributed by atoms with Crippen LogP contribution in [0.3, 0.4) is 0 Å². The van der Waals surface area contributed by atoms with Gasteiger partial charge in [0.15, 0.2) is 11.5 Å². The minimum absolute atomic E-state index is 0.279. The lowest BCUT2D eigenvalue weighted by Crippen LogP contribution is -1.99. The fraction of sp³-hybridized carbons (Fsp3) is 0.188. The number of aromatic nitrogens is 4.